The van der Waals surface area contributed by atoms with Gasteiger partial charge in [0.1, 0.15) is 5.78 Å². The molecule has 0 bridgehead atoms. The molecule has 22 heavy (non-hydrogen) atoms. The average molecular weight is 303 g/mol. The molecule has 0 atom stereocenters. The van der Waals surface area contributed by atoms with E-state index in [1.54, 1.807) is 17.1 Å². The first-order valence-electron chi connectivity index (χ1n) is 8.68. The van der Waals surface area contributed by atoms with Gasteiger partial charge in [-0.05, 0) is 50.0 Å². The molecule has 0 N–H and O–H groups in total. The molecule has 122 valence electrons. The first-order chi connectivity index (χ1) is 10.5. The van der Waals surface area contributed by atoms with Crippen molar-refractivity contribution in [2.75, 3.05) is 6.54 Å². The molecule has 0 saturated heterocycles. The van der Waals surface area contributed by atoms with Crippen LogP contribution in [0.1, 0.15) is 58.8 Å². The Morgan fingerprint density at radius 2 is 1.95 bits per heavy atom. The quantitative estimate of drug-likeness (QED) is 0.710. The molecule has 1 heterocycles. The Morgan fingerprint density at radius 1 is 1.27 bits per heavy atom. The van der Waals surface area contributed by atoms with Gasteiger partial charge in [-0.15, -0.1) is 0 Å². The third-order valence-electron chi connectivity index (χ3n) is 4.98. The van der Waals surface area contributed by atoms with Gasteiger partial charge in [0, 0.05) is 30.7 Å². The molecule has 0 aromatic heterocycles. The van der Waals surface area contributed by atoms with Gasteiger partial charge in [0.05, 0.1) is 0 Å². The summed E-state index contributed by atoms with van der Waals surface area (Å²) in [5.41, 5.74) is 0.803. The van der Waals surface area contributed by atoms with E-state index in [9.17, 15) is 9.59 Å². The Hall–Kier alpha value is -1.38. The highest BCUT2D eigenvalue weighted by molar-refractivity contribution is 5.93. The maximum atomic E-state index is 12.2. The Bertz CT molecular complexity index is 438. The summed E-state index contributed by atoms with van der Waals surface area (Å²) in [5.74, 6) is 1.97. The van der Waals surface area contributed by atoms with Crippen LogP contribution in [-0.2, 0) is 9.59 Å². The van der Waals surface area contributed by atoms with Gasteiger partial charge < -0.3 is 4.90 Å². The number of carbonyl (C=O) groups excluding carboxylic acids is 2. The van der Waals surface area contributed by atoms with Crippen molar-refractivity contribution < 1.29 is 9.59 Å². The van der Waals surface area contributed by atoms with Gasteiger partial charge in [0.25, 0.3) is 5.91 Å². The van der Waals surface area contributed by atoms with E-state index in [1.165, 1.54) is 0 Å². The maximum Gasteiger partial charge on any atom is 0.251 e. The van der Waals surface area contributed by atoms with Crippen molar-refractivity contribution in [2.24, 2.45) is 17.8 Å². The second-order valence-corrected chi connectivity index (χ2v) is 7.24. The molecular weight excluding hydrogens is 274 g/mol. The topological polar surface area (TPSA) is 37.4 Å². The summed E-state index contributed by atoms with van der Waals surface area (Å²) in [6.45, 7) is 9.08. The lowest BCUT2D eigenvalue weighted by Crippen LogP contribution is -2.32. The number of rotatable bonds is 7. The second kappa shape index (κ2) is 7.75. The Morgan fingerprint density at radius 3 is 2.50 bits per heavy atom. The maximum absolute atomic E-state index is 12.2. The van der Waals surface area contributed by atoms with Crippen molar-refractivity contribution in [3.63, 3.8) is 0 Å². The molecule has 1 saturated carbocycles. The fourth-order valence-corrected chi connectivity index (χ4v) is 3.51. The van der Waals surface area contributed by atoms with Gasteiger partial charge in [-0.1, -0.05) is 26.8 Å². The summed E-state index contributed by atoms with van der Waals surface area (Å²) in [6, 6.07) is 0. The summed E-state index contributed by atoms with van der Waals surface area (Å²) in [6.07, 6.45) is 10.4. The molecule has 1 aliphatic heterocycles. The first-order valence-corrected chi connectivity index (χ1v) is 8.68. The van der Waals surface area contributed by atoms with E-state index >= 15 is 0 Å². The molecule has 0 radical (unpaired) electrons. The number of Topliss-reactive ketones (excluding diaryl/α,β-unsaturated/α-hetero) is 1. The van der Waals surface area contributed by atoms with Crippen LogP contribution in [-0.4, -0.2) is 23.1 Å². The van der Waals surface area contributed by atoms with E-state index in [-0.39, 0.29) is 11.8 Å². The Balaban J connectivity index is 1.70. The van der Waals surface area contributed by atoms with E-state index in [0.29, 0.717) is 17.6 Å². The van der Waals surface area contributed by atoms with Crippen molar-refractivity contribution in [3.8, 4) is 0 Å². The Kier molecular flexibility index (Phi) is 5.98. The number of nitrogens with zero attached hydrogens (tertiary/aromatic N) is 1. The number of ketones is 1. The van der Waals surface area contributed by atoms with Crippen molar-refractivity contribution >= 4 is 11.7 Å². The summed E-state index contributed by atoms with van der Waals surface area (Å²) in [4.78, 5) is 25.7. The predicted molar refractivity (Wildman–Crippen MR) is 89.1 cm³/mol. The molecule has 1 amide bonds. The Labute approximate surface area is 134 Å². The van der Waals surface area contributed by atoms with Gasteiger partial charge >= 0.3 is 0 Å². The molecular formula is C19H29NO2. The second-order valence-electron chi connectivity index (χ2n) is 7.24. The van der Waals surface area contributed by atoms with Crippen LogP contribution in [0.15, 0.2) is 24.4 Å². The number of hydrogen-bond donors (Lipinski definition) is 0. The summed E-state index contributed by atoms with van der Waals surface area (Å²) in [5, 5.41) is 0. The van der Waals surface area contributed by atoms with Gasteiger partial charge in [-0.25, -0.2) is 0 Å². The lowest BCUT2D eigenvalue weighted by Gasteiger charge is -2.31. The van der Waals surface area contributed by atoms with E-state index in [4.69, 9.17) is 0 Å². The normalized spacial score (nSPS) is 25.3. The minimum atomic E-state index is 0.0527. The van der Waals surface area contributed by atoms with Crippen LogP contribution in [0.2, 0.25) is 0 Å². The van der Waals surface area contributed by atoms with Crippen LogP contribution in [0.4, 0.5) is 0 Å². The highest BCUT2D eigenvalue weighted by Gasteiger charge is 2.29. The van der Waals surface area contributed by atoms with Crippen molar-refractivity contribution in [1.82, 2.24) is 4.90 Å². The SMILES string of the molecule is C=C1C=CC(=O)N1CC1CCC(C(=O)CCCC(C)C)CC1. The third kappa shape index (κ3) is 4.56. The minimum Gasteiger partial charge on any atom is -0.309 e. The van der Waals surface area contributed by atoms with Gasteiger partial charge in [-0.2, -0.15) is 0 Å². The zero-order valence-corrected chi connectivity index (χ0v) is 14.0. The molecule has 3 heteroatoms. The fourth-order valence-electron chi connectivity index (χ4n) is 3.51. The largest absolute Gasteiger partial charge is 0.309 e. The minimum absolute atomic E-state index is 0.0527. The molecule has 1 fully saturated rings. The summed E-state index contributed by atoms with van der Waals surface area (Å²) in [7, 11) is 0. The molecule has 0 unspecified atom stereocenters. The van der Waals surface area contributed by atoms with E-state index in [0.717, 1.165) is 57.2 Å². The molecule has 2 aliphatic rings. The van der Waals surface area contributed by atoms with Crippen LogP contribution in [0, 0.1) is 17.8 Å². The lowest BCUT2D eigenvalue weighted by atomic mass is 9.79. The number of allylic oxidation sites excluding steroid dienone is 1. The summed E-state index contributed by atoms with van der Waals surface area (Å²) >= 11 is 0. The van der Waals surface area contributed by atoms with Crippen molar-refractivity contribution in [1.29, 1.82) is 0 Å². The van der Waals surface area contributed by atoms with Crippen LogP contribution in [0.5, 0.6) is 0 Å². The lowest BCUT2D eigenvalue weighted by molar-refractivity contribution is -0.126. The van der Waals surface area contributed by atoms with Crippen molar-refractivity contribution in [3.05, 3.63) is 24.4 Å². The van der Waals surface area contributed by atoms with E-state index in [2.05, 4.69) is 20.4 Å². The van der Waals surface area contributed by atoms with Crippen molar-refractivity contribution in [2.45, 2.75) is 58.8 Å². The molecule has 1 aliphatic carbocycles. The molecule has 0 aromatic rings. The van der Waals surface area contributed by atoms with Crippen LogP contribution >= 0.6 is 0 Å². The number of hydrogen-bond acceptors (Lipinski definition) is 2. The first kappa shape index (κ1) is 17.0. The highest BCUT2D eigenvalue weighted by Crippen LogP contribution is 2.32. The molecule has 3 nitrogen and oxygen atoms in total. The standard InChI is InChI=1S/C19H29NO2/c1-14(2)5-4-6-18(21)17-10-8-16(9-11-17)13-20-15(3)7-12-19(20)22/h7,12,14,16-17H,3-6,8-11,13H2,1-2H3. The monoisotopic (exact) mass is 303 g/mol. The average Bonchev–Trinajstić information content (AvgIpc) is 2.79. The molecule has 0 spiro atoms. The van der Waals surface area contributed by atoms with Crippen LogP contribution in [0.3, 0.4) is 0 Å². The van der Waals surface area contributed by atoms with Gasteiger partial charge in [-0.3, -0.25) is 9.59 Å². The number of carbonyl (C=O) groups is 2. The van der Waals surface area contributed by atoms with Crippen LogP contribution < -0.4 is 0 Å². The zero-order chi connectivity index (χ0) is 16.1. The fraction of sp³-hybridized carbons (Fsp3) is 0.684. The van der Waals surface area contributed by atoms with Gasteiger partial charge in [0.15, 0.2) is 0 Å². The van der Waals surface area contributed by atoms with E-state index < -0.39 is 0 Å². The highest BCUT2D eigenvalue weighted by atomic mass is 16.2. The smallest absolute Gasteiger partial charge is 0.251 e. The van der Waals surface area contributed by atoms with Gasteiger partial charge in [0.2, 0.25) is 0 Å². The number of amides is 1. The predicted octanol–water partition coefficient (Wildman–Crippen LogP) is 4.10. The zero-order valence-electron chi connectivity index (χ0n) is 14.0. The molecule has 0 aromatic carbocycles. The molecule has 2 rings (SSSR count). The third-order valence-corrected chi connectivity index (χ3v) is 4.98. The van der Waals surface area contributed by atoms with E-state index in [1.807, 2.05) is 0 Å². The van der Waals surface area contributed by atoms with Crippen LogP contribution in [0.25, 0.3) is 0 Å². The summed E-state index contributed by atoms with van der Waals surface area (Å²) < 4.78 is 0.